The Morgan fingerprint density at radius 1 is 0.672 bits per heavy atom. The topological polar surface area (TPSA) is 206 Å². The lowest BCUT2D eigenvalue weighted by molar-refractivity contribution is -0.148. The van der Waals surface area contributed by atoms with Crippen molar-refractivity contribution in [3.63, 3.8) is 0 Å². The van der Waals surface area contributed by atoms with E-state index in [1.54, 1.807) is 76.2 Å². The van der Waals surface area contributed by atoms with E-state index in [-0.39, 0.29) is 66.1 Å². The number of hydrogen-bond acceptors (Lipinski definition) is 13. The van der Waals surface area contributed by atoms with Gasteiger partial charge in [0.2, 0.25) is 5.91 Å². The van der Waals surface area contributed by atoms with Crippen LogP contribution in [0.1, 0.15) is 62.0 Å². The van der Waals surface area contributed by atoms with Crippen molar-refractivity contribution < 1.29 is 62.2 Å². The van der Waals surface area contributed by atoms with Gasteiger partial charge in [-0.15, -0.1) is 0 Å². The fourth-order valence-electron chi connectivity index (χ4n) is 5.99. The summed E-state index contributed by atoms with van der Waals surface area (Å²) in [6.07, 6.45) is -1.76. The molecule has 0 aliphatic heterocycles. The number of methoxy groups -OCH3 is 2. The number of carbonyl (C=O) groups excluding carboxylic acids is 5. The van der Waals surface area contributed by atoms with Crippen LogP contribution in [0.3, 0.4) is 0 Å². The molecule has 0 aromatic heterocycles. The quantitative estimate of drug-likeness (QED) is 0.0379. The molecule has 344 valence electrons. The number of amides is 3. The molecule has 16 nitrogen and oxygen atoms in total. The molecule has 64 heavy (non-hydrogen) atoms. The van der Waals surface area contributed by atoms with Gasteiger partial charge in [-0.1, -0.05) is 68.2 Å². The molecule has 0 aliphatic carbocycles. The fourth-order valence-corrected chi connectivity index (χ4v) is 6.71. The highest BCUT2D eigenvalue weighted by Gasteiger charge is 2.32. The van der Waals surface area contributed by atoms with E-state index in [1.165, 1.54) is 50.6 Å². The van der Waals surface area contributed by atoms with Gasteiger partial charge in [0.05, 0.1) is 27.4 Å². The van der Waals surface area contributed by atoms with Crippen LogP contribution in [0.2, 0.25) is 25.7 Å². The van der Waals surface area contributed by atoms with Gasteiger partial charge in [0.15, 0.2) is 23.6 Å². The molecule has 4 rings (SSSR count). The summed E-state index contributed by atoms with van der Waals surface area (Å²) in [5, 5.41) is 17.8. The van der Waals surface area contributed by atoms with E-state index in [2.05, 4.69) is 35.6 Å². The number of nitrogens with one attached hydrogen (secondary N) is 3. The highest BCUT2D eigenvalue weighted by atomic mass is 28.3. The second-order valence-corrected chi connectivity index (χ2v) is 22.5. The number of alkyl carbamates (subject to hydrolysis) is 2. The molecule has 0 saturated heterocycles. The molecule has 0 bridgehead atoms. The van der Waals surface area contributed by atoms with Crippen molar-refractivity contribution in [3.8, 4) is 28.7 Å². The molecule has 0 radical (unpaired) electrons. The maximum absolute atomic E-state index is 14.2. The van der Waals surface area contributed by atoms with Gasteiger partial charge in [-0.05, 0) is 92.4 Å². The van der Waals surface area contributed by atoms with Crippen LogP contribution in [0.15, 0.2) is 91.0 Å². The summed E-state index contributed by atoms with van der Waals surface area (Å²) < 4.78 is 39.5. The van der Waals surface area contributed by atoms with E-state index < -0.39 is 61.8 Å². The standard InChI is InChI=1S/C47H59N3O13Si/c1-10-59-43(53)41(49-42(52)37(24-30-16-19-34(51)20-17-30)48-45(55)61-29-31-14-12-11-13-15-31)33-25-35(57-5)28-36(26-33)62-39-27-32(18-21-38(39)58-6)40(50-46(56)63-47(2,3)4)44(54)60-22-23-64(7,8)9/h11-21,25-28,37,40-41,51H,10,22-24,29H2,1-9H3,(H,48,55)(H,49,52)(H,50,56)/t37-,40-,41+/m1/s1. The molecule has 17 heteroatoms. The summed E-state index contributed by atoms with van der Waals surface area (Å²) in [6.45, 7) is 13.2. The fraction of sp³-hybridized carbons (Fsp3) is 0.383. The smallest absolute Gasteiger partial charge is 0.408 e. The van der Waals surface area contributed by atoms with Crippen LogP contribution in [0.4, 0.5) is 9.59 Å². The molecule has 4 aromatic rings. The molecule has 0 saturated carbocycles. The second kappa shape index (κ2) is 23.1. The predicted molar refractivity (Wildman–Crippen MR) is 240 cm³/mol. The zero-order valence-electron chi connectivity index (χ0n) is 37.8. The monoisotopic (exact) mass is 901 g/mol. The van der Waals surface area contributed by atoms with E-state index in [1.807, 2.05) is 6.07 Å². The number of ether oxygens (including phenoxy) is 7. The minimum atomic E-state index is -1.57. The van der Waals surface area contributed by atoms with Gasteiger partial charge in [0.1, 0.15) is 35.5 Å². The minimum absolute atomic E-state index is 0.00962. The second-order valence-electron chi connectivity index (χ2n) is 16.8. The van der Waals surface area contributed by atoms with Crippen molar-refractivity contribution in [3.05, 3.63) is 113 Å². The summed E-state index contributed by atoms with van der Waals surface area (Å²) in [6, 6.07) is 20.9. The van der Waals surface area contributed by atoms with Crippen molar-refractivity contribution in [2.24, 2.45) is 0 Å². The summed E-state index contributed by atoms with van der Waals surface area (Å²) in [4.78, 5) is 67.5. The normalized spacial score (nSPS) is 12.6. The third-order valence-corrected chi connectivity index (χ3v) is 10.9. The molecule has 0 fully saturated rings. The summed E-state index contributed by atoms with van der Waals surface area (Å²) >= 11 is 0. The van der Waals surface area contributed by atoms with E-state index in [9.17, 15) is 29.1 Å². The van der Waals surface area contributed by atoms with Gasteiger partial charge < -0.3 is 54.2 Å². The Kier molecular flexibility index (Phi) is 18.0. The lowest BCUT2D eigenvalue weighted by atomic mass is 10.0. The molecular weight excluding hydrogens is 843 g/mol. The molecule has 0 aliphatic rings. The van der Waals surface area contributed by atoms with Crippen LogP contribution in [-0.4, -0.2) is 82.3 Å². The van der Waals surface area contributed by atoms with Crippen molar-refractivity contribution in [2.75, 3.05) is 27.4 Å². The molecule has 0 spiro atoms. The zero-order valence-corrected chi connectivity index (χ0v) is 38.8. The minimum Gasteiger partial charge on any atom is -0.508 e. The highest BCUT2D eigenvalue weighted by Crippen LogP contribution is 2.37. The number of rotatable bonds is 20. The first kappa shape index (κ1) is 49.9. The number of esters is 2. The first-order valence-corrected chi connectivity index (χ1v) is 24.4. The Morgan fingerprint density at radius 3 is 1.95 bits per heavy atom. The Bertz CT molecular complexity index is 2210. The Labute approximate surface area is 374 Å². The third kappa shape index (κ3) is 16.2. The highest BCUT2D eigenvalue weighted by molar-refractivity contribution is 6.76. The average molecular weight is 902 g/mol. The van der Waals surface area contributed by atoms with Crippen LogP contribution >= 0.6 is 0 Å². The van der Waals surface area contributed by atoms with Crippen molar-refractivity contribution in [2.45, 2.75) is 90.1 Å². The van der Waals surface area contributed by atoms with Crippen LogP contribution in [0.25, 0.3) is 0 Å². The van der Waals surface area contributed by atoms with Gasteiger partial charge in [-0.3, -0.25) is 4.79 Å². The number of phenols is 1. The summed E-state index contributed by atoms with van der Waals surface area (Å²) in [5.74, 6) is -1.59. The number of benzene rings is 4. The average Bonchev–Trinajstić information content (AvgIpc) is 3.23. The van der Waals surface area contributed by atoms with E-state index >= 15 is 0 Å². The summed E-state index contributed by atoms with van der Waals surface area (Å²) in [7, 11) is 1.26. The van der Waals surface area contributed by atoms with E-state index in [4.69, 9.17) is 33.2 Å². The molecule has 0 unspecified atom stereocenters. The van der Waals surface area contributed by atoms with Gasteiger partial charge in [-0.2, -0.15) is 0 Å². The molecular formula is C47H59N3O13Si. The SMILES string of the molecule is CCOC(=O)[C@@H](NC(=O)[C@@H](Cc1ccc(O)cc1)NC(=O)OCc1ccccc1)c1cc(OC)cc(Oc2cc([C@@H](NC(=O)OC(C)(C)C)C(=O)OCC[Si](C)(C)C)ccc2OC)c1. The van der Waals surface area contributed by atoms with Crippen LogP contribution in [0.5, 0.6) is 28.7 Å². The van der Waals surface area contributed by atoms with Crippen molar-refractivity contribution >= 4 is 38.1 Å². The largest absolute Gasteiger partial charge is 0.508 e. The number of hydrogen-bond donors (Lipinski definition) is 4. The van der Waals surface area contributed by atoms with Crippen LogP contribution < -0.4 is 30.2 Å². The number of carbonyl (C=O) groups is 5. The molecule has 3 amide bonds. The Hall–Kier alpha value is -6.75. The van der Waals surface area contributed by atoms with Gasteiger partial charge in [0.25, 0.3) is 0 Å². The Balaban J connectivity index is 1.68. The first-order valence-electron chi connectivity index (χ1n) is 20.7. The van der Waals surface area contributed by atoms with Gasteiger partial charge >= 0.3 is 24.1 Å². The first-order chi connectivity index (χ1) is 30.3. The molecule has 4 aromatic carbocycles. The zero-order chi connectivity index (χ0) is 47.0. The lowest BCUT2D eigenvalue weighted by Gasteiger charge is -2.24. The number of phenolic OH excluding ortho intramolecular Hbond substituents is 1. The van der Waals surface area contributed by atoms with Gasteiger partial charge in [-0.25, -0.2) is 19.2 Å². The van der Waals surface area contributed by atoms with Crippen LogP contribution in [-0.2, 0) is 46.4 Å². The molecule has 3 atom stereocenters. The Morgan fingerprint density at radius 2 is 1.33 bits per heavy atom. The van der Waals surface area contributed by atoms with Crippen molar-refractivity contribution in [1.82, 2.24) is 16.0 Å². The molecule has 4 N–H and O–H groups in total. The maximum atomic E-state index is 14.2. The van der Waals surface area contributed by atoms with Crippen LogP contribution in [0, 0.1) is 0 Å². The predicted octanol–water partition coefficient (Wildman–Crippen LogP) is 7.91. The van der Waals surface area contributed by atoms with E-state index in [0.29, 0.717) is 11.6 Å². The third-order valence-electron chi connectivity index (χ3n) is 9.22. The van der Waals surface area contributed by atoms with Gasteiger partial charge in [0, 0.05) is 20.6 Å². The lowest BCUT2D eigenvalue weighted by Crippen LogP contribution is -2.50. The summed E-state index contributed by atoms with van der Waals surface area (Å²) in [5.41, 5.74) is 0.933. The maximum Gasteiger partial charge on any atom is 0.408 e. The van der Waals surface area contributed by atoms with Crippen molar-refractivity contribution in [1.29, 1.82) is 0 Å². The number of aromatic hydroxyl groups is 1. The van der Waals surface area contributed by atoms with E-state index in [0.717, 1.165) is 5.56 Å². The molecule has 0 heterocycles.